The molecular weight excluding hydrogens is 416 g/mol. The Morgan fingerprint density at radius 2 is 2.00 bits per heavy atom. The van der Waals surface area contributed by atoms with E-state index in [1.54, 1.807) is 31.2 Å². The van der Waals surface area contributed by atoms with Crippen LogP contribution in [0.15, 0.2) is 35.4 Å². The van der Waals surface area contributed by atoms with Crippen LogP contribution >= 0.6 is 11.3 Å². The highest BCUT2D eigenvalue weighted by Gasteiger charge is 2.24. The van der Waals surface area contributed by atoms with Gasteiger partial charge in [0.1, 0.15) is 21.6 Å². The molecule has 31 heavy (non-hydrogen) atoms. The molecule has 1 saturated carbocycles. The Kier molecular flexibility index (Phi) is 6.18. The van der Waals surface area contributed by atoms with Crippen molar-refractivity contribution < 1.29 is 19.1 Å². The maximum absolute atomic E-state index is 13.1. The van der Waals surface area contributed by atoms with Crippen LogP contribution in [0.25, 0.3) is 10.2 Å². The monoisotopic (exact) mass is 440 g/mol. The predicted octanol–water partition coefficient (Wildman–Crippen LogP) is 4.15. The molecule has 3 aromatic rings. The Bertz CT molecular complexity index is 1190. The minimum Gasteiger partial charge on any atom is -0.497 e. The number of hydrogen-bond acceptors (Lipinski definition) is 7. The van der Waals surface area contributed by atoms with Crippen LogP contribution in [0.3, 0.4) is 0 Å². The molecule has 0 aliphatic heterocycles. The molecule has 0 radical (unpaired) electrons. The summed E-state index contributed by atoms with van der Waals surface area (Å²) in [7, 11) is 1.53. The maximum atomic E-state index is 13.1. The molecule has 0 spiro atoms. The summed E-state index contributed by atoms with van der Waals surface area (Å²) in [6.07, 6.45) is 6.37. The number of methoxy groups -OCH3 is 1. The van der Waals surface area contributed by atoms with Gasteiger partial charge in [-0.2, -0.15) is 0 Å². The maximum Gasteiger partial charge on any atom is 0.348 e. The van der Waals surface area contributed by atoms with Gasteiger partial charge in [-0.25, -0.2) is 9.78 Å². The van der Waals surface area contributed by atoms with Gasteiger partial charge in [0, 0.05) is 5.56 Å². The van der Waals surface area contributed by atoms with Gasteiger partial charge in [-0.05, 0) is 50.3 Å². The Labute approximate surface area is 183 Å². The molecule has 0 saturated heterocycles. The number of ether oxygens (including phenoxy) is 2. The van der Waals surface area contributed by atoms with E-state index < -0.39 is 5.97 Å². The van der Waals surface area contributed by atoms with Gasteiger partial charge in [0.25, 0.3) is 5.56 Å². The number of hydrogen-bond donors (Lipinski definition) is 0. The summed E-state index contributed by atoms with van der Waals surface area (Å²) in [6.45, 7) is 1.58. The van der Waals surface area contributed by atoms with Crippen molar-refractivity contribution in [3.63, 3.8) is 0 Å². The van der Waals surface area contributed by atoms with Crippen LogP contribution in [0, 0.1) is 6.92 Å². The molecule has 0 bridgehead atoms. The molecule has 8 heteroatoms. The highest BCUT2D eigenvalue weighted by molar-refractivity contribution is 7.20. The van der Waals surface area contributed by atoms with Crippen molar-refractivity contribution in [2.45, 2.75) is 51.7 Å². The molecule has 2 aromatic heterocycles. The van der Waals surface area contributed by atoms with E-state index in [2.05, 4.69) is 4.98 Å². The number of carbonyl (C=O) groups is 2. The average Bonchev–Trinajstić information content (AvgIpc) is 3.13. The second-order valence-electron chi connectivity index (χ2n) is 7.73. The molecule has 0 N–H and O–H groups in total. The summed E-state index contributed by atoms with van der Waals surface area (Å²) < 4.78 is 12.1. The molecule has 0 unspecified atom stereocenters. The number of ketones is 1. The molecule has 1 aliphatic carbocycles. The molecule has 0 amide bonds. The predicted molar refractivity (Wildman–Crippen MR) is 118 cm³/mol. The van der Waals surface area contributed by atoms with E-state index in [1.807, 2.05) is 0 Å². The first-order chi connectivity index (χ1) is 15.0. The summed E-state index contributed by atoms with van der Waals surface area (Å²) in [4.78, 5) is 43.7. The first kappa shape index (κ1) is 21.2. The van der Waals surface area contributed by atoms with Gasteiger partial charge in [0.2, 0.25) is 0 Å². The number of Topliss-reactive ketones (excluding diaryl/α,β-unsaturated/α-hetero) is 1. The third-order valence-corrected chi connectivity index (χ3v) is 6.81. The van der Waals surface area contributed by atoms with Crippen molar-refractivity contribution in [3.05, 3.63) is 57.0 Å². The first-order valence-electron chi connectivity index (χ1n) is 10.3. The van der Waals surface area contributed by atoms with E-state index >= 15 is 0 Å². The van der Waals surface area contributed by atoms with Gasteiger partial charge in [0.05, 0.1) is 25.4 Å². The van der Waals surface area contributed by atoms with Gasteiger partial charge < -0.3 is 9.47 Å². The molecule has 0 atom stereocenters. The zero-order valence-electron chi connectivity index (χ0n) is 17.6. The minimum absolute atomic E-state index is 0.0593. The number of nitrogens with zero attached hydrogens (tertiary/aromatic N) is 2. The van der Waals surface area contributed by atoms with Crippen molar-refractivity contribution in [1.82, 2.24) is 9.55 Å². The number of aromatic nitrogens is 2. The zero-order chi connectivity index (χ0) is 22.0. The van der Waals surface area contributed by atoms with Crippen molar-refractivity contribution in [2.75, 3.05) is 7.11 Å². The zero-order valence-corrected chi connectivity index (χ0v) is 18.4. The summed E-state index contributed by atoms with van der Waals surface area (Å²) in [5.74, 6) is -0.0562. The minimum atomic E-state index is -0.397. The second kappa shape index (κ2) is 9.01. The molecular formula is C23H24N2O5S. The molecule has 1 aromatic carbocycles. The lowest BCUT2D eigenvalue weighted by Crippen LogP contribution is -2.25. The Morgan fingerprint density at radius 1 is 1.23 bits per heavy atom. The highest BCUT2D eigenvalue weighted by Crippen LogP contribution is 2.29. The van der Waals surface area contributed by atoms with Crippen molar-refractivity contribution in [1.29, 1.82) is 0 Å². The van der Waals surface area contributed by atoms with Gasteiger partial charge in [-0.3, -0.25) is 14.2 Å². The van der Waals surface area contributed by atoms with Crippen LogP contribution in [0.1, 0.15) is 57.7 Å². The van der Waals surface area contributed by atoms with Crippen LogP contribution in [0.2, 0.25) is 0 Å². The fraction of sp³-hybridized carbons (Fsp3) is 0.391. The van der Waals surface area contributed by atoms with Crippen LogP contribution in [-0.2, 0) is 11.3 Å². The lowest BCUT2D eigenvalue weighted by atomic mass is 9.98. The summed E-state index contributed by atoms with van der Waals surface area (Å²) >= 11 is 1.16. The number of carbonyl (C=O) groups excluding carboxylic acids is 2. The lowest BCUT2D eigenvalue weighted by molar-refractivity contribution is 0.0216. The molecule has 4 rings (SSSR count). The molecule has 1 fully saturated rings. The summed E-state index contributed by atoms with van der Waals surface area (Å²) in [5.41, 5.74) is 0.665. The van der Waals surface area contributed by atoms with Crippen LogP contribution in [0.5, 0.6) is 5.75 Å². The quantitative estimate of drug-likeness (QED) is 0.423. The van der Waals surface area contributed by atoms with E-state index in [9.17, 15) is 14.4 Å². The third-order valence-electron chi connectivity index (χ3n) is 5.63. The van der Waals surface area contributed by atoms with Crippen molar-refractivity contribution in [3.8, 4) is 5.75 Å². The second-order valence-corrected chi connectivity index (χ2v) is 8.73. The Hall–Kier alpha value is -3.00. The summed E-state index contributed by atoms with van der Waals surface area (Å²) in [6, 6.07) is 6.79. The smallest absolute Gasteiger partial charge is 0.348 e. The topological polar surface area (TPSA) is 87.5 Å². The number of esters is 1. The number of thiophene rings is 1. The molecule has 1 aliphatic rings. The lowest BCUT2D eigenvalue weighted by Gasteiger charge is -2.21. The number of fused-ring (bicyclic) bond motifs is 1. The molecule has 7 nitrogen and oxygen atoms in total. The normalized spacial score (nSPS) is 14.5. The van der Waals surface area contributed by atoms with E-state index in [1.165, 1.54) is 24.4 Å². The fourth-order valence-corrected chi connectivity index (χ4v) is 4.92. The van der Waals surface area contributed by atoms with Crippen molar-refractivity contribution in [2.24, 2.45) is 0 Å². The van der Waals surface area contributed by atoms with Gasteiger partial charge in [0.15, 0.2) is 5.78 Å². The van der Waals surface area contributed by atoms with E-state index in [4.69, 9.17) is 9.47 Å². The molecule has 2 heterocycles. The van der Waals surface area contributed by atoms with E-state index in [0.29, 0.717) is 32.0 Å². The average molecular weight is 441 g/mol. The van der Waals surface area contributed by atoms with E-state index in [0.717, 1.165) is 37.0 Å². The number of rotatable bonds is 6. The van der Waals surface area contributed by atoms with Gasteiger partial charge in [-0.15, -0.1) is 11.3 Å². The van der Waals surface area contributed by atoms with Gasteiger partial charge in [-0.1, -0.05) is 18.6 Å². The standard InChI is InChI=1S/C23H24N2O5S/c1-14-19-21(31-20(14)23(28)30-16-8-4-3-5-9-16)24-13-25(22(19)27)12-18(26)15-7-6-10-17(11-15)29-2/h6-7,10-11,13,16H,3-5,8-9,12H2,1-2H3. The fourth-order valence-electron chi connectivity index (χ4n) is 3.90. The van der Waals surface area contributed by atoms with E-state index in [-0.39, 0.29) is 24.0 Å². The number of benzene rings is 1. The van der Waals surface area contributed by atoms with Gasteiger partial charge >= 0.3 is 5.97 Å². The van der Waals surface area contributed by atoms with Crippen LogP contribution in [0.4, 0.5) is 0 Å². The largest absolute Gasteiger partial charge is 0.497 e. The third kappa shape index (κ3) is 4.39. The Morgan fingerprint density at radius 3 is 2.74 bits per heavy atom. The number of aryl methyl sites for hydroxylation is 1. The molecule has 162 valence electrons. The van der Waals surface area contributed by atoms with Crippen LogP contribution < -0.4 is 10.3 Å². The van der Waals surface area contributed by atoms with Crippen molar-refractivity contribution >= 4 is 33.3 Å². The SMILES string of the molecule is COc1cccc(C(=O)Cn2cnc3sc(C(=O)OC4CCCCC4)c(C)c3c2=O)c1. The van der Waals surface area contributed by atoms with Crippen LogP contribution in [-0.4, -0.2) is 34.5 Å². The Balaban J connectivity index is 1.59. The summed E-state index contributed by atoms with van der Waals surface area (Å²) in [5, 5.41) is 0.363. The first-order valence-corrected chi connectivity index (χ1v) is 11.2. The highest BCUT2D eigenvalue weighted by atomic mass is 32.1.